The topological polar surface area (TPSA) is 53.1 Å². The summed E-state index contributed by atoms with van der Waals surface area (Å²) in [5, 5.41) is 1.19. The predicted molar refractivity (Wildman–Crippen MR) is 155 cm³/mol. The number of aryl methyl sites for hydroxylation is 1. The quantitative estimate of drug-likeness (QED) is 0.215. The second kappa shape index (κ2) is 11.0. The Morgan fingerprint density at radius 3 is 2.05 bits per heavy atom. The zero-order chi connectivity index (χ0) is 25.8. The van der Waals surface area contributed by atoms with E-state index in [0.717, 1.165) is 51.8 Å². The molecule has 0 fully saturated rings. The number of rotatable bonds is 7. The minimum atomic E-state index is 0.587. The minimum Gasteiger partial charge on any atom is -0.457 e. The van der Waals surface area contributed by atoms with Crippen LogP contribution in [0.25, 0.3) is 34.5 Å². The van der Waals surface area contributed by atoms with Crippen LogP contribution in [0.1, 0.15) is 18.3 Å². The van der Waals surface area contributed by atoms with E-state index in [1.807, 2.05) is 60.8 Å². The molecule has 5 aromatic rings. The van der Waals surface area contributed by atoms with Crippen LogP contribution in [0.15, 0.2) is 97.2 Å². The van der Waals surface area contributed by atoms with Crippen molar-refractivity contribution >= 4 is 41.0 Å². The maximum absolute atomic E-state index is 6.39. The van der Waals surface area contributed by atoms with Crippen molar-refractivity contribution in [1.82, 2.24) is 9.55 Å². The standard InChI is InChI=1S/C31H25Cl2N3O/c1-2-36-20-30(28-17-10-24(32)19-29(28)33)35-31(36)18-5-21-3-6-22(7-4-21)23-8-13-26(14-9-23)37-27-15-11-25(34)12-16-27/h3-20H,2,34H2,1H3. The van der Waals surface area contributed by atoms with E-state index in [-0.39, 0.29) is 0 Å². The molecule has 0 atom stereocenters. The third kappa shape index (κ3) is 5.88. The number of hydrogen-bond acceptors (Lipinski definition) is 3. The van der Waals surface area contributed by atoms with E-state index in [1.54, 1.807) is 6.07 Å². The molecule has 2 N–H and O–H groups in total. The van der Waals surface area contributed by atoms with E-state index < -0.39 is 0 Å². The Labute approximate surface area is 226 Å². The molecule has 0 spiro atoms. The molecular weight excluding hydrogens is 501 g/mol. The van der Waals surface area contributed by atoms with Crippen LogP contribution in [0.3, 0.4) is 0 Å². The molecule has 184 valence electrons. The van der Waals surface area contributed by atoms with Gasteiger partial charge < -0.3 is 15.0 Å². The van der Waals surface area contributed by atoms with Gasteiger partial charge in [-0.2, -0.15) is 0 Å². The Morgan fingerprint density at radius 2 is 1.43 bits per heavy atom. The highest BCUT2D eigenvalue weighted by molar-refractivity contribution is 6.36. The Morgan fingerprint density at radius 1 is 0.811 bits per heavy atom. The molecule has 6 heteroatoms. The van der Waals surface area contributed by atoms with Gasteiger partial charge in [-0.25, -0.2) is 4.98 Å². The molecule has 0 saturated carbocycles. The Bertz CT molecular complexity index is 1540. The van der Waals surface area contributed by atoms with Crippen LogP contribution in [-0.2, 0) is 6.54 Å². The summed E-state index contributed by atoms with van der Waals surface area (Å²) in [7, 11) is 0. The lowest BCUT2D eigenvalue weighted by Gasteiger charge is -2.08. The van der Waals surface area contributed by atoms with Crippen molar-refractivity contribution in [2.45, 2.75) is 13.5 Å². The minimum absolute atomic E-state index is 0.587. The lowest BCUT2D eigenvalue weighted by atomic mass is 10.0. The number of imidazole rings is 1. The largest absolute Gasteiger partial charge is 0.457 e. The second-order valence-electron chi connectivity index (χ2n) is 8.55. The smallest absolute Gasteiger partial charge is 0.133 e. The first-order valence-corrected chi connectivity index (χ1v) is 12.7. The van der Waals surface area contributed by atoms with E-state index in [1.165, 1.54) is 0 Å². The maximum atomic E-state index is 6.39. The van der Waals surface area contributed by atoms with Gasteiger partial charge in [-0.3, -0.25) is 0 Å². The van der Waals surface area contributed by atoms with Crippen LogP contribution in [-0.4, -0.2) is 9.55 Å². The third-order valence-electron chi connectivity index (χ3n) is 5.99. The lowest BCUT2D eigenvalue weighted by Crippen LogP contribution is -1.94. The van der Waals surface area contributed by atoms with Crippen molar-refractivity contribution in [3.63, 3.8) is 0 Å². The molecular formula is C31H25Cl2N3O. The van der Waals surface area contributed by atoms with Gasteiger partial charge in [-0.05, 0) is 84.3 Å². The fourth-order valence-corrected chi connectivity index (χ4v) is 4.49. The molecule has 1 aromatic heterocycles. The molecule has 0 bridgehead atoms. The van der Waals surface area contributed by atoms with Crippen LogP contribution in [0.2, 0.25) is 10.0 Å². The van der Waals surface area contributed by atoms with Gasteiger partial charge in [0.2, 0.25) is 0 Å². The van der Waals surface area contributed by atoms with Crippen molar-refractivity contribution < 1.29 is 4.74 Å². The monoisotopic (exact) mass is 525 g/mol. The molecule has 0 amide bonds. The van der Waals surface area contributed by atoms with Crippen LogP contribution in [0, 0.1) is 0 Å². The van der Waals surface area contributed by atoms with E-state index in [4.69, 9.17) is 38.7 Å². The number of ether oxygens (including phenoxy) is 1. The van der Waals surface area contributed by atoms with Crippen molar-refractivity contribution in [3.05, 3.63) is 119 Å². The summed E-state index contributed by atoms with van der Waals surface area (Å²) in [4.78, 5) is 4.80. The molecule has 4 nitrogen and oxygen atoms in total. The van der Waals surface area contributed by atoms with E-state index in [9.17, 15) is 0 Å². The summed E-state index contributed by atoms with van der Waals surface area (Å²) >= 11 is 12.4. The number of nitrogen functional groups attached to an aromatic ring is 1. The van der Waals surface area contributed by atoms with Gasteiger partial charge in [-0.15, -0.1) is 0 Å². The van der Waals surface area contributed by atoms with Gasteiger partial charge in [0.25, 0.3) is 0 Å². The average Bonchev–Trinajstić information content (AvgIpc) is 3.32. The molecule has 0 aliphatic carbocycles. The summed E-state index contributed by atoms with van der Waals surface area (Å²) in [6, 6.07) is 29.3. The Hall–Kier alpha value is -3.99. The highest BCUT2D eigenvalue weighted by Gasteiger charge is 2.10. The zero-order valence-electron chi connectivity index (χ0n) is 20.2. The van der Waals surface area contributed by atoms with Gasteiger partial charge in [0.15, 0.2) is 0 Å². The highest BCUT2D eigenvalue weighted by atomic mass is 35.5. The van der Waals surface area contributed by atoms with Crippen molar-refractivity contribution in [2.75, 3.05) is 5.73 Å². The molecule has 0 aliphatic heterocycles. The lowest BCUT2D eigenvalue weighted by molar-refractivity contribution is 0.483. The zero-order valence-corrected chi connectivity index (χ0v) is 21.7. The third-order valence-corrected chi connectivity index (χ3v) is 6.54. The van der Waals surface area contributed by atoms with E-state index in [0.29, 0.717) is 15.7 Å². The first-order chi connectivity index (χ1) is 18.0. The molecule has 0 aliphatic rings. The summed E-state index contributed by atoms with van der Waals surface area (Å²) < 4.78 is 7.99. The van der Waals surface area contributed by atoms with Crippen LogP contribution >= 0.6 is 23.2 Å². The molecule has 37 heavy (non-hydrogen) atoms. The fourth-order valence-electron chi connectivity index (χ4n) is 3.99. The van der Waals surface area contributed by atoms with Crippen LogP contribution < -0.4 is 10.5 Å². The number of anilines is 1. The molecule has 5 rings (SSSR count). The molecule has 0 radical (unpaired) electrons. The number of nitrogens with zero attached hydrogens (tertiary/aromatic N) is 2. The SMILES string of the molecule is CCn1cc(-c2ccc(Cl)cc2Cl)nc1C=Cc1ccc(-c2ccc(Oc3ccc(N)cc3)cc2)cc1. The maximum Gasteiger partial charge on any atom is 0.133 e. The molecule has 1 heterocycles. The van der Waals surface area contributed by atoms with Crippen molar-refractivity contribution in [3.8, 4) is 33.9 Å². The number of aromatic nitrogens is 2. The number of nitrogens with two attached hydrogens (primary N) is 1. The Kier molecular flexibility index (Phi) is 7.31. The van der Waals surface area contributed by atoms with Gasteiger partial charge >= 0.3 is 0 Å². The summed E-state index contributed by atoms with van der Waals surface area (Å²) in [5.74, 6) is 2.40. The molecule has 0 saturated heterocycles. The normalized spacial score (nSPS) is 11.2. The Balaban J connectivity index is 1.29. The first-order valence-electron chi connectivity index (χ1n) is 11.9. The van der Waals surface area contributed by atoms with Crippen molar-refractivity contribution in [2.24, 2.45) is 0 Å². The second-order valence-corrected chi connectivity index (χ2v) is 9.39. The van der Waals surface area contributed by atoms with Gasteiger partial charge in [0.05, 0.1) is 10.7 Å². The summed E-state index contributed by atoms with van der Waals surface area (Å²) in [5.41, 5.74) is 11.5. The predicted octanol–water partition coefficient (Wildman–Crippen LogP) is 9.09. The number of benzene rings is 4. The molecule has 4 aromatic carbocycles. The van der Waals surface area contributed by atoms with Gasteiger partial charge in [0, 0.05) is 29.0 Å². The average molecular weight is 526 g/mol. The summed E-state index contributed by atoms with van der Waals surface area (Å²) in [6.07, 6.45) is 6.10. The van der Waals surface area contributed by atoms with E-state index in [2.05, 4.69) is 54.0 Å². The van der Waals surface area contributed by atoms with Crippen LogP contribution in [0.5, 0.6) is 11.5 Å². The highest BCUT2D eigenvalue weighted by Crippen LogP contribution is 2.30. The number of halogens is 2. The molecule has 0 unspecified atom stereocenters. The first kappa shape index (κ1) is 24.7. The fraction of sp³-hybridized carbons (Fsp3) is 0.0645. The van der Waals surface area contributed by atoms with Crippen LogP contribution in [0.4, 0.5) is 5.69 Å². The summed E-state index contributed by atoms with van der Waals surface area (Å²) in [6.45, 7) is 2.89. The number of hydrogen-bond donors (Lipinski definition) is 1. The van der Waals surface area contributed by atoms with Crippen molar-refractivity contribution in [1.29, 1.82) is 0 Å². The van der Waals surface area contributed by atoms with Gasteiger partial charge in [0.1, 0.15) is 17.3 Å². The van der Waals surface area contributed by atoms with Gasteiger partial charge in [-0.1, -0.05) is 65.7 Å². The van der Waals surface area contributed by atoms with E-state index >= 15 is 0 Å².